The van der Waals surface area contributed by atoms with Crippen LogP contribution in [-0.2, 0) is 14.9 Å². The SMILES string of the molecule is COC(C(=O)O)C1(c2cccc(F)c2F)CC1. The molecular weight excluding hydrogens is 230 g/mol. The normalized spacial score (nSPS) is 18.8. The fourth-order valence-electron chi connectivity index (χ4n) is 2.26. The first-order valence-electron chi connectivity index (χ1n) is 5.23. The van der Waals surface area contributed by atoms with Gasteiger partial charge in [-0.3, -0.25) is 0 Å². The summed E-state index contributed by atoms with van der Waals surface area (Å²) in [5.74, 6) is -3.10. The number of hydrogen-bond donors (Lipinski definition) is 1. The number of halogens is 2. The Bertz CT molecular complexity index is 455. The molecule has 0 spiro atoms. The third-order valence-electron chi connectivity index (χ3n) is 3.24. The van der Waals surface area contributed by atoms with Gasteiger partial charge in [-0.05, 0) is 18.9 Å². The van der Waals surface area contributed by atoms with Gasteiger partial charge in [-0.15, -0.1) is 0 Å². The van der Waals surface area contributed by atoms with Crippen LogP contribution in [0, 0.1) is 11.6 Å². The lowest BCUT2D eigenvalue weighted by Gasteiger charge is -2.23. The first-order chi connectivity index (χ1) is 8.03. The average molecular weight is 242 g/mol. The zero-order valence-corrected chi connectivity index (χ0v) is 9.24. The van der Waals surface area contributed by atoms with Crippen LogP contribution in [0.15, 0.2) is 18.2 Å². The van der Waals surface area contributed by atoms with E-state index in [0.29, 0.717) is 12.8 Å². The minimum atomic E-state index is -1.16. The molecule has 0 saturated heterocycles. The van der Waals surface area contributed by atoms with Crippen molar-refractivity contribution < 1.29 is 23.4 Å². The van der Waals surface area contributed by atoms with Crippen molar-refractivity contribution in [1.82, 2.24) is 0 Å². The topological polar surface area (TPSA) is 46.5 Å². The van der Waals surface area contributed by atoms with Crippen LogP contribution in [0.2, 0.25) is 0 Å². The molecule has 1 N–H and O–H groups in total. The number of carboxylic acid groups (broad SMARTS) is 1. The van der Waals surface area contributed by atoms with E-state index in [1.54, 1.807) is 0 Å². The summed E-state index contributed by atoms with van der Waals surface area (Å²) in [7, 11) is 1.26. The van der Waals surface area contributed by atoms with E-state index in [-0.39, 0.29) is 5.56 Å². The van der Waals surface area contributed by atoms with Gasteiger partial charge < -0.3 is 9.84 Å². The summed E-state index contributed by atoms with van der Waals surface area (Å²) < 4.78 is 31.7. The molecule has 1 unspecified atom stereocenters. The van der Waals surface area contributed by atoms with Crippen molar-refractivity contribution in [2.24, 2.45) is 0 Å². The second-order valence-corrected chi connectivity index (χ2v) is 4.21. The maximum atomic E-state index is 13.7. The van der Waals surface area contributed by atoms with Crippen LogP contribution >= 0.6 is 0 Å². The number of benzene rings is 1. The van der Waals surface area contributed by atoms with Crippen LogP contribution in [0.3, 0.4) is 0 Å². The maximum absolute atomic E-state index is 13.7. The van der Waals surface area contributed by atoms with Gasteiger partial charge in [-0.25, -0.2) is 13.6 Å². The Morgan fingerprint density at radius 2 is 2.12 bits per heavy atom. The minimum Gasteiger partial charge on any atom is -0.479 e. The average Bonchev–Trinajstić information content (AvgIpc) is 3.04. The molecule has 1 aromatic rings. The van der Waals surface area contributed by atoms with Crippen LogP contribution < -0.4 is 0 Å². The van der Waals surface area contributed by atoms with E-state index < -0.39 is 29.1 Å². The molecule has 1 aromatic carbocycles. The second-order valence-electron chi connectivity index (χ2n) is 4.21. The van der Waals surface area contributed by atoms with Crippen molar-refractivity contribution in [3.05, 3.63) is 35.4 Å². The first-order valence-corrected chi connectivity index (χ1v) is 5.23. The summed E-state index contributed by atoms with van der Waals surface area (Å²) in [6, 6.07) is 3.81. The summed E-state index contributed by atoms with van der Waals surface area (Å²) in [6.45, 7) is 0. The van der Waals surface area contributed by atoms with Crippen molar-refractivity contribution in [1.29, 1.82) is 0 Å². The van der Waals surface area contributed by atoms with Gasteiger partial charge in [0, 0.05) is 18.1 Å². The third-order valence-corrected chi connectivity index (χ3v) is 3.24. The Hall–Kier alpha value is -1.49. The molecule has 1 atom stereocenters. The van der Waals surface area contributed by atoms with Crippen molar-refractivity contribution in [3.8, 4) is 0 Å². The number of methoxy groups -OCH3 is 1. The standard InChI is InChI=1S/C12H12F2O3/c1-17-10(11(15)16)12(5-6-12)7-3-2-4-8(13)9(7)14/h2-4,10H,5-6H2,1H3,(H,15,16). The molecule has 5 heteroatoms. The van der Waals surface area contributed by atoms with Gasteiger partial charge in [0.15, 0.2) is 17.7 Å². The third kappa shape index (κ3) is 1.80. The molecule has 0 bridgehead atoms. The highest BCUT2D eigenvalue weighted by Gasteiger charge is 2.56. The van der Waals surface area contributed by atoms with Gasteiger partial charge in [0.05, 0.1) is 0 Å². The van der Waals surface area contributed by atoms with Gasteiger partial charge in [0.1, 0.15) is 0 Å². The first kappa shape index (κ1) is 12.0. The lowest BCUT2D eigenvalue weighted by Crippen LogP contribution is -2.36. The predicted octanol–water partition coefficient (Wildman–Crippen LogP) is 2.10. The van der Waals surface area contributed by atoms with E-state index in [4.69, 9.17) is 9.84 Å². The molecule has 92 valence electrons. The van der Waals surface area contributed by atoms with Crippen molar-refractivity contribution >= 4 is 5.97 Å². The number of hydrogen-bond acceptors (Lipinski definition) is 2. The highest BCUT2D eigenvalue weighted by Crippen LogP contribution is 2.52. The van der Waals surface area contributed by atoms with Crippen LogP contribution in [0.25, 0.3) is 0 Å². The Kier molecular flexibility index (Phi) is 2.87. The summed E-state index contributed by atoms with van der Waals surface area (Å²) in [5.41, 5.74) is -0.834. The minimum absolute atomic E-state index is 0.0896. The molecular formula is C12H12F2O3. The lowest BCUT2D eigenvalue weighted by atomic mass is 9.89. The monoisotopic (exact) mass is 242 g/mol. The van der Waals surface area contributed by atoms with E-state index in [2.05, 4.69) is 0 Å². The van der Waals surface area contributed by atoms with E-state index in [1.807, 2.05) is 0 Å². The molecule has 1 aliphatic carbocycles. The van der Waals surface area contributed by atoms with Gasteiger partial charge in [0.25, 0.3) is 0 Å². The number of aliphatic carboxylic acids is 1. The highest BCUT2D eigenvalue weighted by atomic mass is 19.2. The quantitative estimate of drug-likeness (QED) is 0.879. The molecule has 2 rings (SSSR count). The molecule has 3 nitrogen and oxygen atoms in total. The van der Waals surface area contributed by atoms with Crippen molar-refractivity contribution in [3.63, 3.8) is 0 Å². The number of carbonyl (C=O) groups is 1. The Morgan fingerprint density at radius 1 is 1.47 bits per heavy atom. The van der Waals surface area contributed by atoms with Crippen LogP contribution in [0.4, 0.5) is 8.78 Å². The van der Waals surface area contributed by atoms with Crippen molar-refractivity contribution in [2.45, 2.75) is 24.4 Å². The maximum Gasteiger partial charge on any atom is 0.333 e. The van der Waals surface area contributed by atoms with Crippen molar-refractivity contribution in [2.75, 3.05) is 7.11 Å². The molecule has 17 heavy (non-hydrogen) atoms. The van der Waals surface area contributed by atoms with E-state index in [0.717, 1.165) is 6.07 Å². The fraction of sp³-hybridized carbons (Fsp3) is 0.417. The Balaban J connectivity index is 2.45. The van der Waals surface area contributed by atoms with Crippen LogP contribution in [0.1, 0.15) is 18.4 Å². The largest absolute Gasteiger partial charge is 0.479 e. The molecule has 0 aliphatic heterocycles. The van der Waals surface area contributed by atoms with Gasteiger partial charge in [0.2, 0.25) is 0 Å². The molecule has 0 aromatic heterocycles. The smallest absolute Gasteiger partial charge is 0.333 e. The summed E-state index contributed by atoms with van der Waals surface area (Å²) in [5, 5.41) is 9.03. The molecule has 1 saturated carbocycles. The van der Waals surface area contributed by atoms with Crippen LogP contribution in [0.5, 0.6) is 0 Å². The number of ether oxygens (including phenoxy) is 1. The molecule has 0 heterocycles. The van der Waals surface area contributed by atoms with Gasteiger partial charge in [-0.1, -0.05) is 12.1 Å². The molecule has 1 fully saturated rings. The summed E-state index contributed by atoms with van der Waals surface area (Å²) >= 11 is 0. The van der Waals surface area contributed by atoms with Gasteiger partial charge >= 0.3 is 5.97 Å². The van der Waals surface area contributed by atoms with Crippen LogP contribution in [-0.4, -0.2) is 24.3 Å². The molecule has 0 amide bonds. The molecule has 0 radical (unpaired) electrons. The summed E-state index contributed by atoms with van der Waals surface area (Å²) in [6.07, 6.45) is -0.171. The molecule has 1 aliphatic rings. The van der Waals surface area contributed by atoms with E-state index in [9.17, 15) is 13.6 Å². The zero-order valence-electron chi connectivity index (χ0n) is 9.24. The lowest BCUT2D eigenvalue weighted by molar-refractivity contribution is -0.150. The van der Waals surface area contributed by atoms with E-state index >= 15 is 0 Å². The zero-order chi connectivity index (χ0) is 12.6. The Labute approximate surface area is 97.0 Å². The van der Waals surface area contributed by atoms with Gasteiger partial charge in [-0.2, -0.15) is 0 Å². The second kappa shape index (κ2) is 4.07. The number of carboxylic acids is 1. The van der Waals surface area contributed by atoms with E-state index in [1.165, 1.54) is 19.2 Å². The predicted molar refractivity (Wildman–Crippen MR) is 55.7 cm³/mol. The Morgan fingerprint density at radius 3 is 2.59 bits per heavy atom. The number of rotatable bonds is 4. The highest BCUT2D eigenvalue weighted by molar-refractivity contribution is 5.76. The summed E-state index contributed by atoms with van der Waals surface area (Å²) in [4.78, 5) is 11.0. The fourth-order valence-corrected chi connectivity index (χ4v) is 2.26.